The zero-order valence-electron chi connectivity index (χ0n) is 18.4. The largest absolute Gasteiger partial charge is 0.439 e. The van der Waals surface area contributed by atoms with Crippen LogP contribution in [0.25, 0.3) is 11.1 Å². The summed E-state index contributed by atoms with van der Waals surface area (Å²) in [6.07, 6.45) is -2.69. The van der Waals surface area contributed by atoms with Crippen LogP contribution in [0.2, 0.25) is 0 Å². The van der Waals surface area contributed by atoms with Gasteiger partial charge in [0, 0.05) is 17.8 Å². The van der Waals surface area contributed by atoms with E-state index in [0.29, 0.717) is 22.5 Å². The van der Waals surface area contributed by atoms with E-state index >= 15 is 0 Å². The Morgan fingerprint density at radius 3 is 2.15 bits per heavy atom. The van der Waals surface area contributed by atoms with Gasteiger partial charge in [-0.25, -0.2) is 9.97 Å². The summed E-state index contributed by atoms with van der Waals surface area (Å²) in [5.41, 5.74) is 1.44. The van der Waals surface area contributed by atoms with Gasteiger partial charge < -0.3 is 9.47 Å². The molecule has 0 aliphatic rings. The van der Waals surface area contributed by atoms with E-state index in [9.17, 15) is 13.2 Å². The quantitative estimate of drug-likeness (QED) is 0.218. The lowest BCUT2D eigenvalue weighted by Gasteiger charge is -2.11. The standard InChI is InChI=1S/C24H19F3N4O2S/c1-14-11-21(31-23(28-14)34-3)32-18-9-7-16(8-10-18)17-5-4-6-19(12-17)33-22-13-20(24(25,26)27)29-15(2)30-22/h4-13H,1-3H3. The molecule has 0 aliphatic heterocycles. The highest BCUT2D eigenvalue weighted by molar-refractivity contribution is 7.98. The number of aryl methyl sites for hydroxylation is 2. The van der Waals surface area contributed by atoms with Crippen molar-refractivity contribution in [2.75, 3.05) is 6.26 Å². The van der Waals surface area contributed by atoms with E-state index in [1.165, 1.54) is 18.7 Å². The van der Waals surface area contributed by atoms with Gasteiger partial charge in [0.25, 0.3) is 0 Å². The molecule has 0 amide bonds. The first-order valence-corrected chi connectivity index (χ1v) is 11.3. The number of hydrogen-bond acceptors (Lipinski definition) is 7. The predicted molar refractivity (Wildman–Crippen MR) is 122 cm³/mol. The second-order valence-corrected chi connectivity index (χ2v) is 8.00. The van der Waals surface area contributed by atoms with Crippen molar-refractivity contribution in [3.05, 3.63) is 77.9 Å². The van der Waals surface area contributed by atoms with Crippen LogP contribution in [0.1, 0.15) is 17.2 Å². The Morgan fingerprint density at radius 2 is 1.44 bits per heavy atom. The lowest BCUT2D eigenvalue weighted by Crippen LogP contribution is -2.10. The maximum Gasteiger partial charge on any atom is 0.433 e. The molecule has 0 N–H and O–H groups in total. The Labute approximate surface area is 198 Å². The molecule has 2 aromatic carbocycles. The van der Waals surface area contributed by atoms with Crippen molar-refractivity contribution in [1.82, 2.24) is 19.9 Å². The number of hydrogen-bond donors (Lipinski definition) is 0. The molecule has 0 saturated heterocycles. The number of aromatic nitrogens is 4. The highest BCUT2D eigenvalue weighted by Crippen LogP contribution is 2.32. The third kappa shape index (κ3) is 5.82. The molecule has 0 spiro atoms. The third-order valence-corrected chi connectivity index (χ3v) is 5.11. The summed E-state index contributed by atoms with van der Waals surface area (Å²) in [5.74, 6) is 1.21. The first-order valence-electron chi connectivity index (χ1n) is 10.1. The molecule has 0 bridgehead atoms. The van der Waals surface area contributed by atoms with Crippen molar-refractivity contribution in [3.63, 3.8) is 0 Å². The summed E-state index contributed by atoms with van der Waals surface area (Å²) in [6, 6.07) is 16.9. The Kier molecular flexibility index (Phi) is 6.69. The van der Waals surface area contributed by atoms with Gasteiger partial charge in [0.2, 0.25) is 11.8 Å². The van der Waals surface area contributed by atoms with Crippen LogP contribution >= 0.6 is 11.8 Å². The molecule has 10 heteroatoms. The summed E-state index contributed by atoms with van der Waals surface area (Å²) in [7, 11) is 0. The average molecular weight is 485 g/mol. The lowest BCUT2D eigenvalue weighted by atomic mass is 10.1. The molecule has 2 aromatic heterocycles. The fourth-order valence-corrected chi connectivity index (χ4v) is 3.51. The normalized spacial score (nSPS) is 11.4. The zero-order valence-corrected chi connectivity index (χ0v) is 19.2. The fraction of sp³-hybridized carbons (Fsp3) is 0.167. The van der Waals surface area contributed by atoms with Crippen LogP contribution in [0.5, 0.6) is 23.3 Å². The van der Waals surface area contributed by atoms with Crippen LogP contribution in [0.4, 0.5) is 13.2 Å². The number of benzene rings is 2. The molecule has 2 heterocycles. The molecular weight excluding hydrogens is 465 g/mol. The predicted octanol–water partition coefficient (Wildman–Crippen LogP) is 6.88. The van der Waals surface area contributed by atoms with Crippen molar-refractivity contribution in [1.29, 1.82) is 0 Å². The van der Waals surface area contributed by atoms with Crippen LogP contribution < -0.4 is 9.47 Å². The average Bonchev–Trinajstić information content (AvgIpc) is 2.78. The van der Waals surface area contributed by atoms with Crippen molar-refractivity contribution < 1.29 is 22.6 Å². The van der Waals surface area contributed by atoms with Gasteiger partial charge in [0.15, 0.2) is 10.9 Å². The number of nitrogens with zero attached hydrogens (tertiary/aromatic N) is 4. The van der Waals surface area contributed by atoms with Crippen molar-refractivity contribution in [2.24, 2.45) is 0 Å². The van der Waals surface area contributed by atoms with Crippen molar-refractivity contribution in [2.45, 2.75) is 25.2 Å². The van der Waals surface area contributed by atoms with Crippen molar-refractivity contribution >= 4 is 11.8 Å². The Bertz CT molecular complexity index is 1310. The number of thioether (sulfide) groups is 1. The topological polar surface area (TPSA) is 70.0 Å². The van der Waals surface area contributed by atoms with E-state index < -0.39 is 11.9 Å². The minimum Gasteiger partial charge on any atom is -0.439 e. The van der Waals surface area contributed by atoms with Gasteiger partial charge in [-0.1, -0.05) is 36.0 Å². The number of halogens is 3. The molecule has 0 atom stereocenters. The van der Waals surface area contributed by atoms with E-state index in [1.54, 1.807) is 24.3 Å². The molecule has 4 rings (SSSR count). The monoisotopic (exact) mass is 484 g/mol. The summed E-state index contributed by atoms with van der Waals surface area (Å²) < 4.78 is 50.6. The van der Waals surface area contributed by atoms with Gasteiger partial charge in [-0.2, -0.15) is 23.1 Å². The second-order valence-electron chi connectivity index (χ2n) is 7.23. The molecule has 0 aliphatic carbocycles. The van der Waals surface area contributed by atoms with E-state index in [4.69, 9.17) is 9.47 Å². The Balaban J connectivity index is 1.52. The lowest BCUT2D eigenvalue weighted by molar-refractivity contribution is -0.141. The maximum atomic E-state index is 13.0. The summed E-state index contributed by atoms with van der Waals surface area (Å²) in [6.45, 7) is 3.26. The van der Waals surface area contributed by atoms with Gasteiger partial charge in [-0.3, -0.25) is 0 Å². The Hall–Kier alpha value is -3.66. The summed E-state index contributed by atoms with van der Waals surface area (Å²) in [5, 5.41) is 0.629. The molecule has 0 saturated carbocycles. The van der Waals surface area contributed by atoms with Crippen molar-refractivity contribution in [3.8, 4) is 34.4 Å². The number of ether oxygens (including phenoxy) is 2. The first kappa shape index (κ1) is 23.5. The van der Waals surface area contributed by atoms with E-state index in [1.807, 2.05) is 43.5 Å². The van der Waals surface area contributed by atoms with Crippen LogP contribution in [0.3, 0.4) is 0 Å². The first-order chi connectivity index (χ1) is 16.2. The minimum absolute atomic E-state index is 0.0277. The van der Waals surface area contributed by atoms with Gasteiger partial charge >= 0.3 is 6.18 Å². The van der Waals surface area contributed by atoms with Gasteiger partial charge in [0.05, 0.1) is 0 Å². The highest BCUT2D eigenvalue weighted by Gasteiger charge is 2.33. The van der Waals surface area contributed by atoms with Gasteiger partial charge in [-0.15, -0.1) is 0 Å². The molecule has 6 nitrogen and oxygen atoms in total. The fourth-order valence-electron chi connectivity index (χ4n) is 3.09. The van der Waals surface area contributed by atoms with Crippen LogP contribution in [0, 0.1) is 13.8 Å². The molecular formula is C24H19F3N4O2S. The van der Waals surface area contributed by atoms with Crippen LogP contribution in [-0.2, 0) is 6.18 Å². The van der Waals surface area contributed by atoms with E-state index in [-0.39, 0.29) is 11.7 Å². The number of alkyl halides is 3. The minimum atomic E-state index is -4.58. The zero-order chi connectivity index (χ0) is 24.3. The molecule has 0 unspecified atom stereocenters. The summed E-state index contributed by atoms with van der Waals surface area (Å²) >= 11 is 1.43. The second kappa shape index (κ2) is 9.68. The molecule has 174 valence electrons. The maximum absolute atomic E-state index is 13.0. The summed E-state index contributed by atoms with van der Waals surface area (Å²) in [4.78, 5) is 16.0. The van der Waals surface area contributed by atoms with E-state index in [0.717, 1.165) is 22.9 Å². The molecule has 0 radical (unpaired) electrons. The van der Waals surface area contributed by atoms with Crippen LogP contribution in [0.15, 0.2) is 65.8 Å². The van der Waals surface area contributed by atoms with E-state index in [2.05, 4.69) is 19.9 Å². The molecule has 34 heavy (non-hydrogen) atoms. The Morgan fingerprint density at radius 1 is 0.735 bits per heavy atom. The van der Waals surface area contributed by atoms with Gasteiger partial charge in [0.1, 0.15) is 17.3 Å². The number of rotatable bonds is 6. The smallest absolute Gasteiger partial charge is 0.433 e. The SMILES string of the molecule is CSc1nc(C)cc(Oc2ccc(-c3cccc(Oc4cc(C(F)(F)F)nc(C)n4)c3)cc2)n1. The van der Waals surface area contributed by atoms with Crippen LogP contribution in [-0.4, -0.2) is 26.2 Å². The molecule has 0 fully saturated rings. The van der Waals surface area contributed by atoms with Gasteiger partial charge in [-0.05, 0) is 55.5 Å². The third-order valence-electron chi connectivity index (χ3n) is 4.56. The molecule has 4 aromatic rings. The highest BCUT2D eigenvalue weighted by atomic mass is 32.2.